The van der Waals surface area contributed by atoms with E-state index in [4.69, 9.17) is 16.3 Å². The summed E-state index contributed by atoms with van der Waals surface area (Å²) < 4.78 is 7.00. The predicted molar refractivity (Wildman–Crippen MR) is 67.6 cm³/mol. The average Bonchev–Trinajstić information content (AvgIpc) is 2.81. The lowest BCUT2D eigenvalue weighted by Crippen LogP contribution is -2.08. The molecule has 0 unspecified atom stereocenters. The van der Waals surface area contributed by atoms with Gasteiger partial charge in [0.25, 0.3) is 0 Å². The van der Waals surface area contributed by atoms with E-state index in [1.807, 2.05) is 18.3 Å². The van der Waals surface area contributed by atoms with Gasteiger partial charge in [-0.3, -0.25) is 0 Å². The van der Waals surface area contributed by atoms with E-state index >= 15 is 0 Å². The van der Waals surface area contributed by atoms with Gasteiger partial charge in [-0.2, -0.15) is 5.10 Å². The number of fused-ring (bicyclic) bond motifs is 1. The molecule has 2 rings (SSSR count). The lowest BCUT2D eigenvalue weighted by atomic mass is 10.4. The van der Waals surface area contributed by atoms with Crippen LogP contribution in [-0.2, 0) is 4.74 Å². The van der Waals surface area contributed by atoms with Crippen molar-refractivity contribution >= 4 is 23.1 Å². The van der Waals surface area contributed by atoms with Crippen LogP contribution in [0.2, 0.25) is 0 Å². The molecule has 0 bridgehead atoms. The standard InChI is InChI=1S/C11H15ClN4O/c12-4-9-17-8-1-5-13-10-3-7-16-11(15-10)2-6-14-16/h2-3,6-7H,1,4-5,8-9H2,(H,13,15). The fraction of sp³-hybridized carbons (Fsp3) is 0.455. The summed E-state index contributed by atoms with van der Waals surface area (Å²) in [6.07, 6.45) is 4.55. The molecular formula is C11H15ClN4O. The molecule has 2 aromatic heterocycles. The molecule has 1 N–H and O–H groups in total. The molecule has 0 saturated heterocycles. The van der Waals surface area contributed by atoms with E-state index in [-0.39, 0.29) is 0 Å². The van der Waals surface area contributed by atoms with Crippen molar-refractivity contribution < 1.29 is 4.74 Å². The maximum absolute atomic E-state index is 5.50. The van der Waals surface area contributed by atoms with Crippen LogP contribution in [0.25, 0.3) is 5.65 Å². The van der Waals surface area contributed by atoms with Crippen LogP contribution < -0.4 is 5.32 Å². The molecule has 0 aliphatic heterocycles. The van der Waals surface area contributed by atoms with E-state index < -0.39 is 0 Å². The molecule has 0 aromatic carbocycles. The Labute approximate surface area is 105 Å². The third-order valence-corrected chi connectivity index (χ3v) is 2.41. The maximum Gasteiger partial charge on any atom is 0.157 e. The number of rotatable bonds is 7. The minimum atomic E-state index is 0.548. The second kappa shape index (κ2) is 6.42. The molecule has 0 aliphatic carbocycles. The van der Waals surface area contributed by atoms with E-state index in [1.165, 1.54) is 0 Å². The number of alkyl halides is 1. The van der Waals surface area contributed by atoms with Crippen molar-refractivity contribution in [1.82, 2.24) is 14.6 Å². The molecule has 2 heterocycles. The van der Waals surface area contributed by atoms with E-state index in [0.29, 0.717) is 19.1 Å². The van der Waals surface area contributed by atoms with Crippen LogP contribution >= 0.6 is 11.6 Å². The van der Waals surface area contributed by atoms with Gasteiger partial charge >= 0.3 is 0 Å². The van der Waals surface area contributed by atoms with E-state index in [0.717, 1.165) is 24.4 Å². The number of halogens is 1. The van der Waals surface area contributed by atoms with Crippen LogP contribution in [0, 0.1) is 0 Å². The Morgan fingerprint density at radius 3 is 3.18 bits per heavy atom. The summed E-state index contributed by atoms with van der Waals surface area (Å²) in [5.41, 5.74) is 0.841. The van der Waals surface area contributed by atoms with Crippen molar-refractivity contribution in [3.63, 3.8) is 0 Å². The Morgan fingerprint density at radius 2 is 2.29 bits per heavy atom. The summed E-state index contributed by atoms with van der Waals surface area (Å²) in [7, 11) is 0. The first-order chi connectivity index (χ1) is 8.40. The Morgan fingerprint density at radius 1 is 1.35 bits per heavy atom. The van der Waals surface area contributed by atoms with Gasteiger partial charge in [0.1, 0.15) is 5.82 Å². The third-order valence-electron chi connectivity index (χ3n) is 2.25. The van der Waals surface area contributed by atoms with Crippen LogP contribution in [-0.4, -0.2) is 40.2 Å². The second-order valence-electron chi connectivity index (χ2n) is 3.53. The highest BCUT2D eigenvalue weighted by atomic mass is 35.5. The molecule has 0 radical (unpaired) electrons. The molecule has 0 amide bonds. The summed E-state index contributed by atoms with van der Waals surface area (Å²) in [5.74, 6) is 1.41. The van der Waals surface area contributed by atoms with Gasteiger partial charge in [0.05, 0.1) is 12.8 Å². The van der Waals surface area contributed by atoms with Crippen molar-refractivity contribution in [2.45, 2.75) is 6.42 Å². The molecule has 17 heavy (non-hydrogen) atoms. The highest BCUT2D eigenvalue weighted by molar-refractivity contribution is 6.17. The SMILES string of the molecule is ClCCOCCCNc1ccn2nccc2n1. The number of anilines is 1. The molecule has 5 nitrogen and oxygen atoms in total. The monoisotopic (exact) mass is 254 g/mol. The van der Waals surface area contributed by atoms with E-state index in [9.17, 15) is 0 Å². The smallest absolute Gasteiger partial charge is 0.157 e. The van der Waals surface area contributed by atoms with E-state index in [2.05, 4.69) is 15.4 Å². The van der Waals surface area contributed by atoms with Crippen LogP contribution in [0.5, 0.6) is 0 Å². The van der Waals surface area contributed by atoms with Crippen LogP contribution in [0.1, 0.15) is 6.42 Å². The molecule has 92 valence electrons. The summed E-state index contributed by atoms with van der Waals surface area (Å²) in [5, 5.41) is 7.32. The van der Waals surface area contributed by atoms with Gasteiger partial charge in [-0.05, 0) is 12.5 Å². The molecule has 2 aromatic rings. The van der Waals surface area contributed by atoms with E-state index in [1.54, 1.807) is 10.7 Å². The van der Waals surface area contributed by atoms with Gasteiger partial charge in [-0.1, -0.05) is 0 Å². The number of hydrogen-bond acceptors (Lipinski definition) is 4. The fourth-order valence-electron chi connectivity index (χ4n) is 1.46. The van der Waals surface area contributed by atoms with Crippen molar-refractivity contribution in [1.29, 1.82) is 0 Å². The van der Waals surface area contributed by atoms with Crippen molar-refractivity contribution in [2.24, 2.45) is 0 Å². The number of hydrogen-bond donors (Lipinski definition) is 1. The molecule has 0 fully saturated rings. The zero-order valence-corrected chi connectivity index (χ0v) is 10.2. The highest BCUT2D eigenvalue weighted by Gasteiger charge is 1.97. The Bertz CT molecular complexity index is 459. The van der Waals surface area contributed by atoms with Crippen molar-refractivity contribution in [3.8, 4) is 0 Å². The summed E-state index contributed by atoms with van der Waals surface area (Å²) in [6.45, 7) is 2.16. The lowest BCUT2D eigenvalue weighted by molar-refractivity contribution is 0.149. The van der Waals surface area contributed by atoms with Gasteiger partial charge in [0, 0.05) is 31.3 Å². The first-order valence-corrected chi connectivity index (χ1v) is 6.11. The largest absolute Gasteiger partial charge is 0.380 e. The quantitative estimate of drug-likeness (QED) is 0.605. The van der Waals surface area contributed by atoms with Gasteiger partial charge in [-0.25, -0.2) is 9.50 Å². The molecule has 6 heteroatoms. The number of nitrogens with one attached hydrogen (secondary N) is 1. The maximum atomic E-state index is 5.50. The van der Waals surface area contributed by atoms with Crippen LogP contribution in [0.3, 0.4) is 0 Å². The van der Waals surface area contributed by atoms with Crippen LogP contribution in [0.4, 0.5) is 5.82 Å². The molecular weight excluding hydrogens is 240 g/mol. The number of ether oxygens (including phenoxy) is 1. The van der Waals surface area contributed by atoms with Gasteiger partial charge in [0.2, 0.25) is 0 Å². The zero-order chi connectivity index (χ0) is 11.9. The van der Waals surface area contributed by atoms with Crippen LogP contribution in [0.15, 0.2) is 24.5 Å². The first-order valence-electron chi connectivity index (χ1n) is 5.58. The van der Waals surface area contributed by atoms with Crippen molar-refractivity contribution in [3.05, 3.63) is 24.5 Å². The summed E-state index contributed by atoms with van der Waals surface area (Å²) >= 11 is 5.50. The highest BCUT2D eigenvalue weighted by Crippen LogP contribution is 2.05. The minimum Gasteiger partial charge on any atom is -0.380 e. The zero-order valence-electron chi connectivity index (χ0n) is 9.47. The predicted octanol–water partition coefficient (Wildman–Crippen LogP) is 1.79. The minimum absolute atomic E-state index is 0.548. The van der Waals surface area contributed by atoms with Crippen molar-refractivity contribution in [2.75, 3.05) is 31.0 Å². The molecule has 0 saturated carbocycles. The Kier molecular flexibility index (Phi) is 4.58. The van der Waals surface area contributed by atoms with Gasteiger partial charge in [-0.15, -0.1) is 11.6 Å². The Hall–Kier alpha value is -1.33. The topological polar surface area (TPSA) is 51.5 Å². The van der Waals surface area contributed by atoms with Gasteiger partial charge in [0.15, 0.2) is 5.65 Å². The molecule has 0 aliphatic rings. The number of aromatic nitrogens is 3. The Balaban J connectivity index is 1.75. The fourth-order valence-corrected chi connectivity index (χ4v) is 1.57. The average molecular weight is 255 g/mol. The molecule has 0 atom stereocenters. The second-order valence-corrected chi connectivity index (χ2v) is 3.91. The normalized spacial score (nSPS) is 10.9. The summed E-state index contributed by atoms with van der Waals surface area (Å²) in [6, 6.07) is 3.77. The van der Waals surface area contributed by atoms with Gasteiger partial charge < -0.3 is 10.1 Å². The third kappa shape index (κ3) is 3.57. The lowest BCUT2D eigenvalue weighted by Gasteiger charge is -2.05. The summed E-state index contributed by atoms with van der Waals surface area (Å²) in [4.78, 5) is 4.40. The molecule has 0 spiro atoms. The number of nitrogens with zero attached hydrogens (tertiary/aromatic N) is 3. The first kappa shape index (κ1) is 12.1.